The van der Waals surface area contributed by atoms with Gasteiger partial charge in [0.25, 0.3) is 0 Å². The van der Waals surface area contributed by atoms with Crippen molar-refractivity contribution in [2.45, 2.75) is 19.4 Å². The van der Waals surface area contributed by atoms with Crippen LogP contribution in [-0.4, -0.2) is 4.98 Å². The van der Waals surface area contributed by atoms with Gasteiger partial charge in [-0.05, 0) is 30.7 Å². The van der Waals surface area contributed by atoms with Gasteiger partial charge in [0.05, 0.1) is 28.0 Å². The molecule has 106 valence electrons. The lowest BCUT2D eigenvalue weighted by molar-refractivity contribution is 0.614. The molecule has 20 heavy (non-hydrogen) atoms. The third-order valence-electron chi connectivity index (χ3n) is 2.84. The van der Waals surface area contributed by atoms with Gasteiger partial charge in [-0.15, -0.1) is 0 Å². The maximum Gasteiger partial charge on any atom is 0.160 e. The van der Waals surface area contributed by atoms with Crippen LogP contribution in [0.2, 0.25) is 10.0 Å². The van der Waals surface area contributed by atoms with E-state index in [1.807, 2.05) is 6.92 Å². The fraction of sp³-hybridized carbons (Fsp3) is 0.214. The molecule has 0 aliphatic rings. The number of nitrogens with zero attached hydrogens (tertiary/aromatic N) is 1. The molecule has 1 heterocycles. The SMILES string of the molecule is CCC(Nc1cc(Cl)c(F)c(Cl)c1)c1ccc(F)cn1. The molecule has 1 aromatic carbocycles. The molecule has 2 aromatic rings. The Labute approximate surface area is 125 Å². The Morgan fingerprint density at radius 3 is 2.35 bits per heavy atom. The van der Waals surface area contributed by atoms with Gasteiger partial charge in [-0.25, -0.2) is 8.78 Å². The topological polar surface area (TPSA) is 24.9 Å². The number of rotatable bonds is 4. The van der Waals surface area contributed by atoms with E-state index < -0.39 is 11.6 Å². The molecule has 1 N–H and O–H groups in total. The zero-order chi connectivity index (χ0) is 14.7. The summed E-state index contributed by atoms with van der Waals surface area (Å²) in [6, 6.07) is 5.71. The predicted octanol–water partition coefficient (Wildman–Crippen LogP) is 5.23. The van der Waals surface area contributed by atoms with Crippen LogP contribution in [0.5, 0.6) is 0 Å². The van der Waals surface area contributed by atoms with Crippen molar-refractivity contribution in [2.75, 3.05) is 5.32 Å². The molecular weight excluding hydrogens is 305 g/mol. The summed E-state index contributed by atoms with van der Waals surface area (Å²) in [5, 5.41) is 3.05. The molecule has 0 aliphatic heterocycles. The molecule has 0 amide bonds. The van der Waals surface area contributed by atoms with Gasteiger partial charge in [0.1, 0.15) is 5.82 Å². The van der Waals surface area contributed by atoms with E-state index in [2.05, 4.69) is 10.3 Å². The smallest absolute Gasteiger partial charge is 0.160 e. The third-order valence-corrected chi connectivity index (χ3v) is 3.39. The largest absolute Gasteiger partial charge is 0.377 e. The zero-order valence-electron chi connectivity index (χ0n) is 10.6. The molecule has 1 unspecified atom stereocenters. The summed E-state index contributed by atoms with van der Waals surface area (Å²) in [4.78, 5) is 4.03. The molecular formula is C14H12Cl2F2N2. The molecule has 1 atom stereocenters. The van der Waals surface area contributed by atoms with Crippen molar-refractivity contribution < 1.29 is 8.78 Å². The van der Waals surface area contributed by atoms with Crippen LogP contribution in [0.3, 0.4) is 0 Å². The van der Waals surface area contributed by atoms with Crippen LogP contribution in [0, 0.1) is 11.6 Å². The summed E-state index contributed by atoms with van der Waals surface area (Å²) in [5.74, 6) is -1.04. The maximum absolute atomic E-state index is 13.4. The van der Waals surface area contributed by atoms with E-state index in [-0.39, 0.29) is 16.1 Å². The van der Waals surface area contributed by atoms with Crippen LogP contribution in [0.1, 0.15) is 25.1 Å². The Morgan fingerprint density at radius 1 is 1.20 bits per heavy atom. The van der Waals surface area contributed by atoms with E-state index in [0.29, 0.717) is 17.8 Å². The number of halogens is 4. The minimum absolute atomic E-state index is 0.0538. The summed E-state index contributed by atoms with van der Waals surface area (Å²) in [6.07, 6.45) is 1.87. The maximum atomic E-state index is 13.4. The first-order valence-corrected chi connectivity index (χ1v) is 6.79. The van der Waals surface area contributed by atoms with E-state index in [0.717, 1.165) is 6.20 Å². The average molecular weight is 317 g/mol. The summed E-state index contributed by atoms with van der Waals surface area (Å²) in [5.41, 5.74) is 1.27. The molecule has 1 aromatic heterocycles. The number of anilines is 1. The van der Waals surface area contributed by atoms with Gasteiger partial charge in [-0.2, -0.15) is 0 Å². The second kappa shape index (κ2) is 6.37. The van der Waals surface area contributed by atoms with Crippen molar-refractivity contribution in [2.24, 2.45) is 0 Å². The second-order valence-corrected chi connectivity index (χ2v) is 5.07. The number of hydrogen-bond donors (Lipinski definition) is 1. The monoisotopic (exact) mass is 316 g/mol. The molecule has 0 bridgehead atoms. The highest BCUT2D eigenvalue weighted by Gasteiger charge is 2.13. The van der Waals surface area contributed by atoms with Crippen molar-refractivity contribution in [1.29, 1.82) is 0 Å². The van der Waals surface area contributed by atoms with Gasteiger partial charge in [0, 0.05) is 5.69 Å². The Balaban J connectivity index is 2.24. The van der Waals surface area contributed by atoms with Gasteiger partial charge in [0.2, 0.25) is 0 Å². The second-order valence-electron chi connectivity index (χ2n) is 4.26. The average Bonchev–Trinajstić information content (AvgIpc) is 2.43. The van der Waals surface area contributed by atoms with E-state index in [1.54, 1.807) is 6.07 Å². The van der Waals surface area contributed by atoms with Gasteiger partial charge < -0.3 is 5.32 Å². The van der Waals surface area contributed by atoms with Crippen molar-refractivity contribution in [1.82, 2.24) is 4.98 Å². The first-order chi connectivity index (χ1) is 9.51. The summed E-state index contributed by atoms with van der Waals surface area (Å²) >= 11 is 11.5. The standard InChI is InChI=1S/C14H12Cl2F2N2/c1-2-12(13-4-3-8(17)7-19-13)20-9-5-10(15)14(18)11(16)6-9/h3-7,12,20H,2H2,1H3. The first-order valence-electron chi connectivity index (χ1n) is 6.03. The van der Waals surface area contributed by atoms with Gasteiger partial charge in [-0.3, -0.25) is 4.98 Å². The summed E-state index contributed by atoms with van der Waals surface area (Å²) in [6.45, 7) is 1.95. The van der Waals surface area contributed by atoms with Crippen LogP contribution in [0.15, 0.2) is 30.5 Å². The Kier molecular flexibility index (Phi) is 4.78. The lowest BCUT2D eigenvalue weighted by atomic mass is 10.1. The first kappa shape index (κ1) is 15.0. The number of hydrogen-bond acceptors (Lipinski definition) is 2. The van der Waals surface area contributed by atoms with E-state index in [9.17, 15) is 8.78 Å². The van der Waals surface area contributed by atoms with Crippen LogP contribution in [0.25, 0.3) is 0 Å². The molecule has 2 rings (SSSR count). The van der Waals surface area contributed by atoms with Crippen LogP contribution in [-0.2, 0) is 0 Å². The highest BCUT2D eigenvalue weighted by Crippen LogP contribution is 2.30. The lowest BCUT2D eigenvalue weighted by Gasteiger charge is -2.18. The lowest BCUT2D eigenvalue weighted by Crippen LogP contribution is -2.11. The molecule has 0 spiro atoms. The summed E-state index contributed by atoms with van der Waals surface area (Å²) in [7, 11) is 0. The normalized spacial score (nSPS) is 12.2. The predicted molar refractivity (Wildman–Crippen MR) is 77.3 cm³/mol. The third kappa shape index (κ3) is 3.38. The van der Waals surface area contributed by atoms with Crippen LogP contribution < -0.4 is 5.32 Å². The number of pyridine rings is 1. The van der Waals surface area contributed by atoms with E-state index in [4.69, 9.17) is 23.2 Å². The fourth-order valence-corrected chi connectivity index (χ4v) is 2.31. The minimum Gasteiger partial charge on any atom is -0.377 e. The van der Waals surface area contributed by atoms with Gasteiger partial charge >= 0.3 is 0 Å². The number of aromatic nitrogens is 1. The van der Waals surface area contributed by atoms with Gasteiger partial charge in [0.15, 0.2) is 5.82 Å². The fourth-order valence-electron chi connectivity index (χ4n) is 1.82. The van der Waals surface area contributed by atoms with Crippen LogP contribution >= 0.6 is 23.2 Å². The molecule has 0 radical (unpaired) electrons. The van der Waals surface area contributed by atoms with Gasteiger partial charge in [-0.1, -0.05) is 30.1 Å². The van der Waals surface area contributed by atoms with Crippen molar-refractivity contribution >= 4 is 28.9 Å². The van der Waals surface area contributed by atoms with E-state index in [1.165, 1.54) is 18.2 Å². The number of benzene rings is 1. The van der Waals surface area contributed by atoms with Crippen molar-refractivity contribution in [3.8, 4) is 0 Å². The number of nitrogens with one attached hydrogen (secondary N) is 1. The minimum atomic E-state index is -0.646. The van der Waals surface area contributed by atoms with Crippen molar-refractivity contribution in [3.05, 3.63) is 57.8 Å². The Bertz CT molecular complexity index is 580. The molecule has 6 heteroatoms. The van der Waals surface area contributed by atoms with E-state index >= 15 is 0 Å². The summed E-state index contributed by atoms with van der Waals surface area (Å²) < 4.78 is 26.2. The zero-order valence-corrected chi connectivity index (χ0v) is 12.1. The molecule has 0 aliphatic carbocycles. The van der Waals surface area contributed by atoms with Crippen LogP contribution in [0.4, 0.5) is 14.5 Å². The molecule has 0 saturated carbocycles. The highest BCUT2D eigenvalue weighted by molar-refractivity contribution is 6.35. The highest BCUT2D eigenvalue weighted by atomic mass is 35.5. The molecule has 0 saturated heterocycles. The molecule has 2 nitrogen and oxygen atoms in total. The van der Waals surface area contributed by atoms with Crippen molar-refractivity contribution in [3.63, 3.8) is 0 Å². The molecule has 0 fully saturated rings. The quantitative estimate of drug-likeness (QED) is 0.781. The Hall–Kier alpha value is -1.39. The Morgan fingerprint density at radius 2 is 1.85 bits per heavy atom.